The maximum Gasteiger partial charge on any atom is 0.179 e. The van der Waals surface area contributed by atoms with Gasteiger partial charge in [-0.3, -0.25) is 0 Å². The number of rotatable bonds is 10. The van der Waals surface area contributed by atoms with Gasteiger partial charge in [0.15, 0.2) is 5.98 Å². The lowest BCUT2D eigenvalue weighted by Crippen LogP contribution is -2.11. The topological polar surface area (TPSA) is 0 Å². The van der Waals surface area contributed by atoms with E-state index in [0.29, 0.717) is 0 Å². The summed E-state index contributed by atoms with van der Waals surface area (Å²) in [6.07, 6.45) is 14.9. The van der Waals surface area contributed by atoms with Crippen LogP contribution in [0.3, 0.4) is 0 Å². The van der Waals surface area contributed by atoms with Gasteiger partial charge < -0.3 is 0 Å². The Labute approximate surface area is 137 Å². The maximum atomic E-state index is 4.87. The smallest absolute Gasteiger partial charge is 0.125 e. The van der Waals surface area contributed by atoms with Gasteiger partial charge in [-0.05, 0) is 43.9 Å². The van der Waals surface area contributed by atoms with Crippen LogP contribution in [0.15, 0.2) is 0 Å². The standard InChI is InChI=1S/C14H32P.Cl3P/c1-5-9-12-15(8-4,13-10-6-2)14-11-7-3;1-4(2)3/h5-14H2,1-4H3;. The molecule has 0 spiro atoms. The van der Waals surface area contributed by atoms with Gasteiger partial charge in [0.05, 0.1) is 0 Å². The second-order valence-electron chi connectivity index (χ2n) is 5.08. The molecule has 119 valence electrons. The van der Waals surface area contributed by atoms with E-state index in [1.54, 1.807) is 18.5 Å². The van der Waals surface area contributed by atoms with E-state index < -0.39 is 13.2 Å². The van der Waals surface area contributed by atoms with Crippen LogP contribution in [0.2, 0.25) is 0 Å². The lowest BCUT2D eigenvalue weighted by molar-refractivity contribution is 0.834. The molecule has 1 radical (unpaired) electrons. The van der Waals surface area contributed by atoms with Gasteiger partial charge in [-0.1, -0.05) is 80.7 Å². The molecule has 0 aliphatic heterocycles. The molecule has 0 atom stereocenters. The molecule has 0 unspecified atom stereocenters. The quantitative estimate of drug-likeness (QED) is 0.340. The highest BCUT2D eigenvalue weighted by Gasteiger charge is 2.22. The monoisotopic (exact) mass is 367 g/mol. The number of unbranched alkanes of at least 4 members (excludes halogenated alkanes) is 3. The minimum Gasteiger partial charge on any atom is -0.125 e. The first kappa shape index (κ1) is 23.0. The second-order valence-corrected chi connectivity index (χ2v) is 14.7. The molecule has 0 aromatic heterocycles. The van der Waals surface area contributed by atoms with Crippen LogP contribution >= 0.6 is 47.0 Å². The number of halogens is 3. The number of hydrogen-bond acceptors (Lipinski definition) is 0. The van der Waals surface area contributed by atoms with Crippen LogP contribution in [0.25, 0.3) is 0 Å². The molecule has 0 rings (SSSR count). The minimum absolute atomic E-state index is 0.527. The van der Waals surface area contributed by atoms with Crippen molar-refractivity contribution in [1.29, 1.82) is 0 Å². The van der Waals surface area contributed by atoms with Crippen molar-refractivity contribution < 1.29 is 0 Å². The summed E-state index contributed by atoms with van der Waals surface area (Å²) < 4.78 is 0. The fourth-order valence-electron chi connectivity index (χ4n) is 2.29. The van der Waals surface area contributed by atoms with Crippen LogP contribution in [0, 0.1) is 0 Å². The maximum absolute atomic E-state index is 4.87. The number of hydrogen-bond donors (Lipinski definition) is 0. The van der Waals surface area contributed by atoms with Gasteiger partial charge in [-0.2, -0.15) is 0 Å². The van der Waals surface area contributed by atoms with Crippen molar-refractivity contribution in [2.24, 2.45) is 0 Å². The van der Waals surface area contributed by atoms with Gasteiger partial charge in [0, 0.05) is 0 Å². The first-order valence-corrected chi connectivity index (χ1v) is 14.2. The van der Waals surface area contributed by atoms with Crippen molar-refractivity contribution in [3.63, 3.8) is 0 Å². The average molecular weight is 369 g/mol. The molecular formula is C14H32Cl3P2. The normalized spacial score (nSPS) is 11.4. The van der Waals surface area contributed by atoms with Crippen LogP contribution < -0.4 is 0 Å². The van der Waals surface area contributed by atoms with E-state index in [4.69, 9.17) is 33.7 Å². The van der Waals surface area contributed by atoms with Gasteiger partial charge in [0.1, 0.15) is 0 Å². The highest BCUT2D eigenvalue weighted by atomic mass is 36.0. The molecule has 0 nitrogen and oxygen atoms in total. The molecule has 0 N–H and O–H groups in total. The highest BCUT2D eigenvalue weighted by molar-refractivity contribution is 8.20. The molecule has 0 amide bonds. The third kappa shape index (κ3) is 15.9. The predicted molar refractivity (Wildman–Crippen MR) is 101 cm³/mol. The summed E-state index contributed by atoms with van der Waals surface area (Å²) >= 11 is 14.6. The summed E-state index contributed by atoms with van der Waals surface area (Å²) in [5.74, 6) is -1.20. The lowest BCUT2D eigenvalue weighted by atomic mass is 10.4. The van der Waals surface area contributed by atoms with E-state index in [-0.39, 0.29) is 0 Å². The van der Waals surface area contributed by atoms with Gasteiger partial charge >= 0.3 is 0 Å². The van der Waals surface area contributed by atoms with Crippen LogP contribution in [-0.4, -0.2) is 24.6 Å². The zero-order valence-corrected chi connectivity index (χ0v) is 17.2. The molecule has 0 aliphatic rings. The second kappa shape index (κ2) is 16.1. The van der Waals surface area contributed by atoms with Gasteiger partial charge in [-0.15, -0.1) is 7.26 Å². The summed E-state index contributed by atoms with van der Waals surface area (Å²) in [7, 11) is -0.527. The summed E-state index contributed by atoms with van der Waals surface area (Å²) in [5, 5.41) is 0. The lowest BCUT2D eigenvalue weighted by Gasteiger charge is -2.36. The summed E-state index contributed by atoms with van der Waals surface area (Å²) in [6.45, 7) is 9.46. The molecule has 5 heteroatoms. The largest absolute Gasteiger partial charge is 0.179 e. The van der Waals surface area contributed by atoms with Crippen molar-refractivity contribution >= 4 is 47.0 Å². The highest BCUT2D eigenvalue weighted by Crippen LogP contribution is 2.60. The Bertz CT molecular complexity index is 154. The molecule has 0 aromatic rings. The van der Waals surface area contributed by atoms with Crippen molar-refractivity contribution in [1.82, 2.24) is 0 Å². The third-order valence-electron chi connectivity index (χ3n) is 3.63. The van der Waals surface area contributed by atoms with Crippen LogP contribution in [0.5, 0.6) is 0 Å². The van der Waals surface area contributed by atoms with Crippen molar-refractivity contribution in [2.75, 3.05) is 24.6 Å². The molecule has 0 saturated carbocycles. The van der Waals surface area contributed by atoms with E-state index in [0.717, 1.165) is 0 Å². The zero-order valence-electron chi connectivity index (χ0n) is 13.1. The van der Waals surface area contributed by atoms with Crippen LogP contribution in [0.4, 0.5) is 0 Å². The van der Waals surface area contributed by atoms with Gasteiger partial charge in [0.25, 0.3) is 0 Å². The van der Waals surface area contributed by atoms with E-state index in [1.165, 1.54) is 44.7 Å². The van der Waals surface area contributed by atoms with Crippen molar-refractivity contribution in [2.45, 2.75) is 66.2 Å². The average Bonchev–Trinajstić information content (AvgIpc) is 2.38. The predicted octanol–water partition coefficient (Wildman–Crippen LogP) is 8.35. The van der Waals surface area contributed by atoms with Crippen LogP contribution in [-0.2, 0) is 0 Å². The van der Waals surface area contributed by atoms with E-state index in [1.807, 2.05) is 0 Å². The molecule has 0 bridgehead atoms. The first-order valence-electron chi connectivity index (χ1n) is 7.60. The Kier molecular flexibility index (Phi) is 19.5. The Hall–Kier alpha value is 1.73. The Morgan fingerprint density at radius 1 is 0.684 bits per heavy atom. The molecule has 0 saturated heterocycles. The third-order valence-corrected chi connectivity index (χ3v) is 8.77. The van der Waals surface area contributed by atoms with E-state index in [9.17, 15) is 0 Å². The van der Waals surface area contributed by atoms with Gasteiger partial charge in [-0.25, -0.2) is 0 Å². The van der Waals surface area contributed by atoms with E-state index in [2.05, 4.69) is 27.7 Å². The fraction of sp³-hybridized carbons (Fsp3) is 1.00. The fourth-order valence-corrected chi connectivity index (χ4v) is 6.87. The van der Waals surface area contributed by atoms with Crippen LogP contribution in [0.1, 0.15) is 66.2 Å². The summed E-state index contributed by atoms with van der Waals surface area (Å²) in [5.41, 5.74) is 0. The minimum atomic E-state index is -1.20. The molecular weight excluding hydrogens is 336 g/mol. The molecule has 0 aliphatic carbocycles. The molecule has 0 aromatic carbocycles. The van der Waals surface area contributed by atoms with E-state index >= 15 is 0 Å². The SMILES string of the molecule is CCCC[P](CC)(CCCC)CCCC.ClP(Cl)Cl. The summed E-state index contributed by atoms with van der Waals surface area (Å²) in [6, 6.07) is 0. The van der Waals surface area contributed by atoms with Crippen molar-refractivity contribution in [3.8, 4) is 0 Å². The Balaban J connectivity index is 0. The molecule has 0 fully saturated rings. The van der Waals surface area contributed by atoms with Gasteiger partial charge in [0.2, 0.25) is 0 Å². The Morgan fingerprint density at radius 3 is 1.11 bits per heavy atom. The zero-order chi connectivity index (χ0) is 15.1. The summed E-state index contributed by atoms with van der Waals surface area (Å²) in [4.78, 5) is 0. The Morgan fingerprint density at radius 2 is 0.947 bits per heavy atom. The van der Waals surface area contributed by atoms with Crippen molar-refractivity contribution in [3.05, 3.63) is 0 Å². The molecule has 19 heavy (non-hydrogen) atoms. The first-order chi connectivity index (χ1) is 8.97. The molecule has 0 heterocycles.